The summed E-state index contributed by atoms with van der Waals surface area (Å²) >= 11 is 5.85. The number of hydrogen-bond donors (Lipinski definition) is 1. The lowest BCUT2D eigenvalue weighted by Gasteiger charge is -2.32. The normalized spacial score (nSPS) is 14.8. The van der Waals surface area contributed by atoms with Crippen LogP contribution in [0.15, 0.2) is 46.9 Å². The topological polar surface area (TPSA) is 114 Å². The maximum absolute atomic E-state index is 12.9. The molecule has 3 aromatic rings. The Morgan fingerprint density at radius 1 is 1.15 bits per heavy atom. The highest BCUT2D eigenvalue weighted by atomic mass is 35.5. The Morgan fingerprint density at radius 3 is 2.44 bits per heavy atom. The minimum absolute atomic E-state index is 0.0734. The van der Waals surface area contributed by atoms with Crippen molar-refractivity contribution in [2.24, 2.45) is 5.92 Å². The first-order valence-corrected chi connectivity index (χ1v) is 10.5. The van der Waals surface area contributed by atoms with Crippen LogP contribution in [0, 0.1) is 16.0 Å². The zero-order valence-corrected chi connectivity index (χ0v) is 18.1. The fraction of sp³-hybridized carbons (Fsp3) is 0.286. The summed E-state index contributed by atoms with van der Waals surface area (Å²) in [7, 11) is 0. The molecule has 4 rings (SSSR count). The number of alkyl halides is 3. The third kappa shape index (κ3) is 5.11. The van der Waals surface area contributed by atoms with Gasteiger partial charge in [0.1, 0.15) is 5.69 Å². The van der Waals surface area contributed by atoms with Crippen LogP contribution >= 0.6 is 11.6 Å². The number of amides is 1. The molecule has 0 spiro atoms. The molecule has 2 aromatic carbocycles. The van der Waals surface area contributed by atoms with Crippen LogP contribution in [-0.4, -0.2) is 34.1 Å². The van der Waals surface area contributed by atoms with Gasteiger partial charge in [-0.05, 0) is 49.2 Å². The first-order valence-electron chi connectivity index (χ1n) is 10.1. The molecule has 178 valence electrons. The quantitative estimate of drug-likeness (QED) is 0.383. The van der Waals surface area contributed by atoms with Crippen molar-refractivity contribution in [2.45, 2.75) is 19.0 Å². The Bertz CT molecular complexity index is 1210. The van der Waals surface area contributed by atoms with Crippen LogP contribution in [0.3, 0.4) is 0 Å². The number of piperidine rings is 1. The molecule has 34 heavy (non-hydrogen) atoms. The van der Waals surface area contributed by atoms with Crippen molar-refractivity contribution >= 4 is 34.9 Å². The first-order chi connectivity index (χ1) is 16.1. The van der Waals surface area contributed by atoms with E-state index in [1.54, 1.807) is 29.2 Å². The summed E-state index contributed by atoms with van der Waals surface area (Å²) in [5.74, 6) is -0.583. The largest absolute Gasteiger partial charge is 0.416 e. The minimum Gasteiger partial charge on any atom is -0.403 e. The van der Waals surface area contributed by atoms with E-state index in [2.05, 4.69) is 15.5 Å². The SMILES string of the molecule is O=C(Nc1nnc(-c2ccc(Cl)cc2)o1)C1CCN(c2ccc(C(F)(F)F)cc2[N+](=O)[O-])CC1. The predicted molar refractivity (Wildman–Crippen MR) is 116 cm³/mol. The van der Waals surface area contributed by atoms with E-state index >= 15 is 0 Å². The molecule has 1 saturated heterocycles. The molecular formula is C21H17ClF3N5O4. The predicted octanol–water partition coefficient (Wildman–Crippen LogP) is 5.17. The van der Waals surface area contributed by atoms with Gasteiger partial charge in [0.05, 0.1) is 10.5 Å². The van der Waals surface area contributed by atoms with Gasteiger partial charge in [-0.3, -0.25) is 20.2 Å². The molecule has 1 aliphatic heterocycles. The number of carbonyl (C=O) groups excluding carboxylic acids is 1. The summed E-state index contributed by atoms with van der Waals surface area (Å²) in [5, 5.41) is 22.2. The highest BCUT2D eigenvalue weighted by Crippen LogP contribution is 2.37. The summed E-state index contributed by atoms with van der Waals surface area (Å²) in [6.07, 6.45) is -4.01. The van der Waals surface area contributed by atoms with Gasteiger partial charge in [0.25, 0.3) is 5.69 Å². The van der Waals surface area contributed by atoms with Crippen LogP contribution in [0.2, 0.25) is 5.02 Å². The molecule has 9 nitrogen and oxygen atoms in total. The van der Waals surface area contributed by atoms with Crippen molar-refractivity contribution in [1.29, 1.82) is 0 Å². The number of nitrogens with zero attached hydrogens (tertiary/aromatic N) is 4. The van der Waals surface area contributed by atoms with Gasteiger partial charge in [-0.1, -0.05) is 16.7 Å². The second kappa shape index (κ2) is 9.29. The van der Waals surface area contributed by atoms with Gasteiger partial charge in [-0.15, -0.1) is 5.10 Å². The molecule has 1 amide bonds. The number of benzene rings is 2. The van der Waals surface area contributed by atoms with E-state index in [9.17, 15) is 28.1 Å². The number of rotatable bonds is 5. The molecule has 0 unspecified atom stereocenters. The van der Waals surface area contributed by atoms with Crippen molar-refractivity contribution in [3.05, 3.63) is 63.2 Å². The van der Waals surface area contributed by atoms with E-state index < -0.39 is 28.3 Å². The lowest BCUT2D eigenvalue weighted by molar-refractivity contribution is -0.384. The standard InChI is InChI=1S/C21H17ClF3N5O4/c22-15-4-1-13(2-5-15)19-27-28-20(34-19)26-18(31)12-7-9-29(10-8-12)16-6-3-14(21(23,24)25)11-17(16)30(32)33/h1-6,11-12H,7-10H2,(H,26,28,31). The Hall–Kier alpha value is -3.67. The zero-order valence-electron chi connectivity index (χ0n) is 17.4. The van der Waals surface area contributed by atoms with Gasteiger partial charge in [-0.25, -0.2) is 0 Å². The third-order valence-corrected chi connectivity index (χ3v) is 5.70. The molecule has 1 aliphatic rings. The Labute approximate surface area is 195 Å². The summed E-state index contributed by atoms with van der Waals surface area (Å²) in [4.78, 5) is 24.7. The summed E-state index contributed by atoms with van der Waals surface area (Å²) in [6.45, 7) is 0.508. The second-order valence-electron chi connectivity index (χ2n) is 7.63. The van der Waals surface area contributed by atoms with Crippen molar-refractivity contribution in [3.63, 3.8) is 0 Å². The average Bonchev–Trinajstić information content (AvgIpc) is 3.27. The number of nitro benzene ring substituents is 1. The van der Waals surface area contributed by atoms with Crippen molar-refractivity contribution < 1.29 is 27.3 Å². The molecule has 13 heteroatoms. The molecule has 0 aliphatic carbocycles. The third-order valence-electron chi connectivity index (χ3n) is 5.45. The van der Waals surface area contributed by atoms with E-state index in [0.717, 1.165) is 12.1 Å². The fourth-order valence-electron chi connectivity index (χ4n) is 3.69. The number of nitrogens with one attached hydrogen (secondary N) is 1. The summed E-state index contributed by atoms with van der Waals surface area (Å²) < 4.78 is 44.3. The van der Waals surface area contributed by atoms with Gasteiger partial charge in [-0.2, -0.15) is 13.2 Å². The first kappa shape index (κ1) is 23.5. The van der Waals surface area contributed by atoms with Crippen LogP contribution in [0.5, 0.6) is 0 Å². The van der Waals surface area contributed by atoms with Crippen LogP contribution < -0.4 is 10.2 Å². The highest BCUT2D eigenvalue weighted by molar-refractivity contribution is 6.30. The molecular weight excluding hydrogens is 479 g/mol. The molecule has 0 bridgehead atoms. The molecule has 1 fully saturated rings. The molecule has 1 aromatic heterocycles. The lowest BCUT2D eigenvalue weighted by atomic mass is 9.95. The Morgan fingerprint density at radius 2 is 1.82 bits per heavy atom. The molecule has 2 heterocycles. The summed E-state index contributed by atoms with van der Waals surface area (Å²) in [6, 6.07) is 9.07. The molecule has 0 saturated carbocycles. The monoisotopic (exact) mass is 495 g/mol. The van der Waals surface area contributed by atoms with Gasteiger partial charge in [0.2, 0.25) is 11.8 Å². The van der Waals surface area contributed by atoms with Gasteiger partial charge in [0.15, 0.2) is 0 Å². The van der Waals surface area contributed by atoms with Crippen LogP contribution in [-0.2, 0) is 11.0 Å². The van der Waals surface area contributed by atoms with Crippen molar-refractivity contribution in [2.75, 3.05) is 23.3 Å². The van der Waals surface area contributed by atoms with E-state index in [-0.39, 0.29) is 36.6 Å². The summed E-state index contributed by atoms with van der Waals surface area (Å²) in [5.41, 5.74) is -1.00. The highest BCUT2D eigenvalue weighted by Gasteiger charge is 2.35. The van der Waals surface area contributed by atoms with Crippen LogP contribution in [0.1, 0.15) is 18.4 Å². The Balaban J connectivity index is 1.39. The number of hydrogen-bond acceptors (Lipinski definition) is 7. The van der Waals surface area contributed by atoms with Crippen LogP contribution in [0.4, 0.5) is 30.6 Å². The van der Waals surface area contributed by atoms with Gasteiger partial charge >= 0.3 is 12.2 Å². The molecule has 0 radical (unpaired) electrons. The van der Waals surface area contributed by atoms with E-state index in [1.165, 1.54) is 0 Å². The number of aromatic nitrogens is 2. The number of anilines is 2. The Kier molecular flexibility index (Phi) is 6.42. The van der Waals surface area contributed by atoms with Crippen molar-refractivity contribution in [1.82, 2.24) is 10.2 Å². The minimum atomic E-state index is -4.68. The van der Waals surface area contributed by atoms with Crippen molar-refractivity contribution in [3.8, 4) is 11.5 Å². The number of carbonyl (C=O) groups is 1. The van der Waals surface area contributed by atoms with E-state index in [1.807, 2.05) is 0 Å². The van der Waals surface area contributed by atoms with Gasteiger partial charge < -0.3 is 9.32 Å². The maximum atomic E-state index is 12.9. The zero-order chi connectivity index (χ0) is 24.5. The lowest BCUT2D eigenvalue weighted by Crippen LogP contribution is -2.38. The maximum Gasteiger partial charge on any atom is 0.416 e. The fourth-order valence-corrected chi connectivity index (χ4v) is 3.81. The van der Waals surface area contributed by atoms with Crippen LogP contribution in [0.25, 0.3) is 11.5 Å². The average molecular weight is 496 g/mol. The van der Waals surface area contributed by atoms with E-state index in [0.29, 0.717) is 29.5 Å². The second-order valence-corrected chi connectivity index (χ2v) is 8.06. The molecule has 1 N–H and O–H groups in total. The number of nitro groups is 1. The number of halogens is 4. The van der Waals surface area contributed by atoms with E-state index in [4.69, 9.17) is 16.0 Å². The van der Waals surface area contributed by atoms with Gasteiger partial charge in [0, 0.05) is 35.7 Å². The molecule has 0 atom stereocenters. The smallest absolute Gasteiger partial charge is 0.403 e.